The van der Waals surface area contributed by atoms with Crippen LogP contribution in [0.5, 0.6) is 0 Å². The molecule has 58 heavy (non-hydrogen) atoms. The number of aromatic nitrogens is 2. The minimum atomic E-state index is -0.873. The number of nitrogens with zero attached hydrogens (tertiary/aromatic N) is 7. The molecule has 3 saturated heterocycles. The van der Waals surface area contributed by atoms with Crippen LogP contribution in [-0.2, 0) is 14.4 Å². The third-order valence-corrected chi connectivity index (χ3v) is 12.5. The van der Waals surface area contributed by atoms with E-state index < -0.39 is 29.5 Å². The van der Waals surface area contributed by atoms with E-state index >= 15 is 0 Å². The van der Waals surface area contributed by atoms with Crippen LogP contribution >= 0.6 is 11.3 Å². The lowest BCUT2D eigenvalue weighted by atomic mass is 9.85. The van der Waals surface area contributed by atoms with E-state index in [4.69, 9.17) is 5.73 Å². The summed E-state index contributed by atoms with van der Waals surface area (Å²) in [7, 11) is 0. The smallest absolute Gasteiger partial charge is 0.250 e. The zero-order valence-electron chi connectivity index (χ0n) is 34.5. The Balaban J connectivity index is 0.930. The number of thiazole rings is 1. The van der Waals surface area contributed by atoms with E-state index in [0.29, 0.717) is 5.56 Å². The van der Waals surface area contributed by atoms with Gasteiger partial charge in [0, 0.05) is 71.5 Å². The Morgan fingerprint density at radius 1 is 0.897 bits per heavy atom. The first-order valence-electron chi connectivity index (χ1n) is 20.4. The van der Waals surface area contributed by atoms with Crippen molar-refractivity contribution in [2.45, 2.75) is 71.7 Å². The standard InChI is InChI=1S/C42H60N10O5S/c1-28(30-7-9-31(10-8-30)37-29(2)45-27-58-37)46-40(56)34-23-33(53)25-52(34)41(57)38(42(3,4)5)47-36(54)26-50-17-15-48(16-18-50)13-6-14-49-19-21-51(22-20-49)35-12-11-32(24-44-35)39(43)55/h7-12,24,27-28,33-34,38,53H,6,13-23,25-26H2,1-5H3,(H2,43,55)(H,46,56)(H,47,54)/t28-,33+,34-,38+/m0/s1. The topological polar surface area (TPSA) is 181 Å². The zero-order chi connectivity index (χ0) is 41.6. The van der Waals surface area contributed by atoms with Gasteiger partial charge in [-0.2, -0.15) is 0 Å². The molecule has 5 N–H and O–H groups in total. The van der Waals surface area contributed by atoms with Gasteiger partial charge in [-0.05, 0) is 62.0 Å². The molecule has 0 unspecified atom stereocenters. The number of amides is 4. The quantitative estimate of drug-likeness (QED) is 0.187. The van der Waals surface area contributed by atoms with E-state index in [1.807, 2.05) is 70.5 Å². The highest BCUT2D eigenvalue weighted by Gasteiger charge is 2.45. The van der Waals surface area contributed by atoms with E-state index in [-0.39, 0.29) is 43.3 Å². The lowest BCUT2D eigenvalue weighted by molar-refractivity contribution is -0.144. The third-order valence-electron chi connectivity index (χ3n) is 11.6. The Hall–Kier alpha value is -4.48. The van der Waals surface area contributed by atoms with Gasteiger partial charge in [0.05, 0.1) is 40.3 Å². The number of hydrogen-bond donors (Lipinski definition) is 4. The summed E-state index contributed by atoms with van der Waals surface area (Å²) in [5.41, 5.74) is 9.91. The van der Waals surface area contributed by atoms with Crippen molar-refractivity contribution in [3.05, 3.63) is 64.9 Å². The molecular formula is C42H60N10O5S. The van der Waals surface area contributed by atoms with Gasteiger partial charge in [-0.15, -0.1) is 11.3 Å². The molecule has 0 aliphatic carbocycles. The van der Waals surface area contributed by atoms with Crippen molar-refractivity contribution in [3.63, 3.8) is 0 Å². The van der Waals surface area contributed by atoms with Gasteiger partial charge in [0.2, 0.25) is 23.6 Å². The van der Waals surface area contributed by atoms with Crippen molar-refractivity contribution in [3.8, 4) is 10.4 Å². The van der Waals surface area contributed by atoms with Gasteiger partial charge < -0.3 is 36.2 Å². The molecule has 0 radical (unpaired) electrons. The number of nitrogens with one attached hydrogen (secondary N) is 2. The number of nitrogens with two attached hydrogens (primary N) is 1. The number of aliphatic hydroxyl groups is 1. The van der Waals surface area contributed by atoms with E-state index in [2.05, 4.69) is 40.2 Å². The number of aryl methyl sites for hydroxylation is 1. The molecule has 5 heterocycles. The molecule has 3 fully saturated rings. The van der Waals surface area contributed by atoms with Crippen LogP contribution in [0.3, 0.4) is 0 Å². The summed E-state index contributed by atoms with van der Waals surface area (Å²) >= 11 is 1.59. The van der Waals surface area contributed by atoms with Gasteiger partial charge in [0.15, 0.2) is 0 Å². The number of anilines is 1. The molecule has 0 bridgehead atoms. The molecule has 1 aromatic carbocycles. The maximum atomic E-state index is 14.2. The van der Waals surface area contributed by atoms with Crippen LogP contribution in [0.25, 0.3) is 10.4 Å². The number of pyridine rings is 1. The third kappa shape index (κ3) is 11.0. The fraction of sp³-hybridized carbons (Fsp3) is 0.571. The largest absolute Gasteiger partial charge is 0.391 e. The Bertz CT molecular complexity index is 1870. The average molecular weight is 817 g/mol. The molecule has 3 aromatic rings. The van der Waals surface area contributed by atoms with Crippen LogP contribution in [0, 0.1) is 12.3 Å². The van der Waals surface area contributed by atoms with Crippen LogP contribution in [0.2, 0.25) is 0 Å². The summed E-state index contributed by atoms with van der Waals surface area (Å²) in [6, 6.07) is 9.54. The maximum Gasteiger partial charge on any atom is 0.250 e. The number of aliphatic hydroxyl groups excluding tert-OH is 1. The molecule has 16 heteroatoms. The molecule has 2 aromatic heterocycles. The second-order valence-electron chi connectivity index (χ2n) is 17.0. The zero-order valence-corrected chi connectivity index (χ0v) is 35.3. The lowest BCUT2D eigenvalue weighted by Gasteiger charge is -2.38. The first-order chi connectivity index (χ1) is 27.7. The Labute approximate surface area is 346 Å². The first-order valence-corrected chi connectivity index (χ1v) is 21.3. The fourth-order valence-corrected chi connectivity index (χ4v) is 8.85. The Morgan fingerprint density at radius 2 is 1.53 bits per heavy atom. The number of hydrogen-bond acceptors (Lipinski definition) is 12. The van der Waals surface area contributed by atoms with Crippen LogP contribution in [-0.4, -0.2) is 155 Å². The number of likely N-dealkylation sites (tertiary alicyclic amines) is 1. The molecule has 3 aliphatic heterocycles. The van der Waals surface area contributed by atoms with Crippen LogP contribution in [0.4, 0.5) is 5.82 Å². The highest BCUT2D eigenvalue weighted by atomic mass is 32.1. The van der Waals surface area contributed by atoms with Gasteiger partial charge >= 0.3 is 0 Å². The Morgan fingerprint density at radius 3 is 2.10 bits per heavy atom. The van der Waals surface area contributed by atoms with Gasteiger partial charge in [0.25, 0.3) is 0 Å². The van der Waals surface area contributed by atoms with Crippen molar-refractivity contribution < 1.29 is 24.3 Å². The van der Waals surface area contributed by atoms with Gasteiger partial charge in [0.1, 0.15) is 17.9 Å². The van der Waals surface area contributed by atoms with Crippen molar-refractivity contribution >= 4 is 40.8 Å². The second-order valence-corrected chi connectivity index (χ2v) is 17.8. The molecular weight excluding hydrogens is 757 g/mol. The van der Waals surface area contributed by atoms with Crippen LogP contribution in [0.1, 0.15) is 68.2 Å². The lowest BCUT2D eigenvalue weighted by Crippen LogP contribution is -2.59. The number of benzene rings is 1. The minimum Gasteiger partial charge on any atom is -0.391 e. The first kappa shape index (κ1) is 43.1. The van der Waals surface area contributed by atoms with E-state index in [1.54, 1.807) is 17.4 Å². The molecule has 3 aliphatic rings. The highest BCUT2D eigenvalue weighted by Crippen LogP contribution is 2.30. The van der Waals surface area contributed by atoms with Crippen molar-refractivity contribution in [1.82, 2.24) is 40.2 Å². The van der Waals surface area contributed by atoms with E-state index in [9.17, 15) is 24.3 Å². The van der Waals surface area contributed by atoms with Crippen molar-refractivity contribution in [2.75, 3.05) is 83.4 Å². The van der Waals surface area contributed by atoms with Crippen LogP contribution in [0.15, 0.2) is 48.1 Å². The van der Waals surface area contributed by atoms with Gasteiger partial charge in [-0.1, -0.05) is 45.0 Å². The molecule has 0 spiro atoms. The SMILES string of the molecule is Cc1ncsc1-c1ccc([C@H](C)NC(=O)[C@@H]2C[C@@H](O)CN2C(=O)[C@@H](NC(=O)CN2CCN(CCCN3CCN(c4ccc(C(N)=O)cn4)CC3)CC2)C(C)(C)C)cc1. The molecule has 4 atom stereocenters. The van der Waals surface area contributed by atoms with Crippen molar-refractivity contribution in [2.24, 2.45) is 11.1 Å². The van der Waals surface area contributed by atoms with E-state index in [0.717, 1.165) is 99.4 Å². The van der Waals surface area contributed by atoms with Crippen molar-refractivity contribution in [1.29, 1.82) is 0 Å². The summed E-state index contributed by atoms with van der Waals surface area (Å²) in [5, 5.41) is 16.7. The monoisotopic (exact) mass is 816 g/mol. The highest BCUT2D eigenvalue weighted by molar-refractivity contribution is 7.13. The summed E-state index contributed by atoms with van der Waals surface area (Å²) in [6.07, 6.45) is 1.89. The molecule has 4 amide bonds. The number of carbonyl (C=O) groups excluding carboxylic acids is 4. The van der Waals surface area contributed by atoms with E-state index in [1.165, 1.54) is 11.1 Å². The molecule has 6 rings (SSSR count). The maximum absolute atomic E-state index is 14.2. The second kappa shape index (κ2) is 19.1. The molecule has 0 saturated carbocycles. The fourth-order valence-electron chi connectivity index (χ4n) is 8.03. The molecule has 314 valence electrons. The normalized spacial score (nSPS) is 20.8. The van der Waals surface area contributed by atoms with Gasteiger partial charge in [-0.25, -0.2) is 9.97 Å². The number of rotatable bonds is 14. The number of piperazine rings is 2. The summed E-state index contributed by atoms with van der Waals surface area (Å²) in [4.78, 5) is 73.2. The minimum absolute atomic E-state index is 0.0281. The Kier molecular flexibility index (Phi) is 14.2. The van der Waals surface area contributed by atoms with Gasteiger partial charge in [-0.3, -0.25) is 29.0 Å². The summed E-state index contributed by atoms with van der Waals surface area (Å²) < 4.78 is 0. The predicted octanol–water partition coefficient (Wildman–Crippen LogP) is 2.11. The summed E-state index contributed by atoms with van der Waals surface area (Å²) in [6.45, 7) is 18.7. The number of carbonyl (C=O) groups is 4. The summed E-state index contributed by atoms with van der Waals surface area (Å²) in [5.74, 6) is -0.535. The number of primary amides is 1. The number of β-amino-alcohol motifs (C(OH)–C–C–N with tert-alkyl or cyclic N) is 1. The van der Waals surface area contributed by atoms with Crippen LogP contribution < -0.4 is 21.3 Å². The average Bonchev–Trinajstić information content (AvgIpc) is 3.82. The predicted molar refractivity (Wildman–Crippen MR) is 225 cm³/mol. The molecule has 15 nitrogen and oxygen atoms in total.